The predicted octanol–water partition coefficient (Wildman–Crippen LogP) is 3.70. The first kappa shape index (κ1) is 24.2. The lowest BCUT2D eigenvalue weighted by Crippen LogP contribution is -2.49. The number of carbonyl (C=O) groups excluding carboxylic acids is 2. The number of nitrogens with zero attached hydrogens (tertiary/aromatic N) is 2. The van der Waals surface area contributed by atoms with Crippen molar-refractivity contribution in [1.29, 1.82) is 0 Å². The number of amides is 2. The van der Waals surface area contributed by atoms with Gasteiger partial charge >= 0.3 is 0 Å². The van der Waals surface area contributed by atoms with Crippen molar-refractivity contribution in [1.82, 2.24) is 15.1 Å². The van der Waals surface area contributed by atoms with Crippen molar-refractivity contribution in [3.05, 3.63) is 29.8 Å². The number of likely N-dealkylation sites (tertiary alicyclic amines) is 1. The minimum atomic E-state index is -0.0962. The van der Waals surface area contributed by atoms with Gasteiger partial charge in [0.25, 0.3) is 11.8 Å². The third-order valence-electron chi connectivity index (χ3n) is 5.94. The first-order chi connectivity index (χ1) is 14.2. The maximum atomic E-state index is 12.6. The average molecular weight is 418 g/mol. The minimum Gasteiger partial charge on any atom is -0.484 e. The molecule has 2 amide bonds. The predicted molar refractivity (Wildman–Crippen MR) is 121 cm³/mol. The fraction of sp³-hybridized carbons (Fsp3) is 0.667. The number of benzene rings is 1. The van der Waals surface area contributed by atoms with Crippen LogP contribution in [0.4, 0.5) is 0 Å². The zero-order chi connectivity index (χ0) is 22.3. The van der Waals surface area contributed by atoms with Gasteiger partial charge in [0.2, 0.25) is 0 Å². The largest absolute Gasteiger partial charge is 0.484 e. The molecule has 0 spiro atoms. The Morgan fingerprint density at radius 1 is 1.07 bits per heavy atom. The molecule has 1 heterocycles. The summed E-state index contributed by atoms with van der Waals surface area (Å²) in [5, 5.41) is 2.98. The van der Waals surface area contributed by atoms with Crippen LogP contribution >= 0.6 is 0 Å². The maximum absolute atomic E-state index is 12.6. The van der Waals surface area contributed by atoms with E-state index < -0.39 is 0 Å². The van der Waals surface area contributed by atoms with Crippen molar-refractivity contribution in [2.75, 3.05) is 19.7 Å². The standard InChI is InChI=1S/C24H39N3O3/c1-17(2)26(18(3)4)15-14-25-24(29)21-10-12-22(13-11-21)30-16-23(28)27-19(5)8-7-9-20(27)6/h10-13,17-20H,7-9,14-16H2,1-6H3,(H,25,29). The van der Waals surface area contributed by atoms with Crippen LogP contribution in [0, 0.1) is 0 Å². The molecule has 1 aliphatic rings. The highest BCUT2D eigenvalue weighted by atomic mass is 16.5. The average Bonchev–Trinajstić information content (AvgIpc) is 2.69. The number of carbonyl (C=O) groups is 2. The summed E-state index contributed by atoms with van der Waals surface area (Å²) < 4.78 is 5.69. The summed E-state index contributed by atoms with van der Waals surface area (Å²) in [7, 11) is 0. The Hall–Kier alpha value is -2.08. The molecule has 1 N–H and O–H groups in total. The molecule has 168 valence electrons. The summed E-state index contributed by atoms with van der Waals surface area (Å²) in [6.45, 7) is 14.3. The molecule has 30 heavy (non-hydrogen) atoms. The number of rotatable bonds is 9. The van der Waals surface area contributed by atoms with Gasteiger partial charge in [0.1, 0.15) is 5.75 Å². The van der Waals surface area contributed by atoms with Crippen molar-refractivity contribution in [3.63, 3.8) is 0 Å². The number of hydrogen-bond acceptors (Lipinski definition) is 4. The second kappa shape index (κ2) is 11.3. The van der Waals surface area contributed by atoms with Crippen LogP contribution in [0.3, 0.4) is 0 Å². The van der Waals surface area contributed by atoms with Gasteiger partial charge in [-0.1, -0.05) is 0 Å². The summed E-state index contributed by atoms with van der Waals surface area (Å²) in [5.41, 5.74) is 0.590. The summed E-state index contributed by atoms with van der Waals surface area (Å²) >= 11 is 0. The van der Waals surface area contributed by atoms with E-state index in [1.165, 1.54) is 6.42 Å². The summed E-state index contributed by atoms with van der Waals surface area (Å²) in [4.78, 5) is 29.3. The lowest BCUT2D eigenvalue weighted by atomic mass is 9.97. The van der Waals surface area contributed by atoms with Crippen LogP contribution in [0.2, 0.25) is 0 Å². The van der Waals surface area contributed by atoms with Crippen molar-refractivity contribution < 1.29 is 14.3 Å². The van der Waals surface area contributed by atoms with Crippen LogP contribution in [0.5, 0.6) is 5.75 Å². The molecule has 1 aromatic carbocycles. The van der Waals surface area contributed by atoms with E-state index in [1.807, 2.05) is 4.90 Å². The zero-order valence-corrected chi connectivity index (χ0v) is 19.5. The van der Waals surface area contributed by atoms with Crippen LogP contribution in [0.1, 0.15) is 71.2 Å². The molecule has 1 fully saturated rings. The quantitative estimate of drug-likeness (QED) is 0.665. The van der Waals surface area contributed by atoms with Crippen LogP contribution in [0.25, 0.3) is 0 Å². The Morgan fingerprint density at radius 3 is 2.17 bits per heavy atom. The Balaban J connectivity index is 1.81. The summed E-state index contributed by atoms with van der Waals surface area (Å²) in [5.74, 6) is 0.528. The van der Waals surface area contributed by atoms with Crippen molar-refractivity contribution in [2.45, 2.75) is 85.0 Å². The van der Waals surface area contributed by atoms with E-state index in [-0.39, 0.29) is 30.5 Å². The summed E-state index contributed by atoms with van der Waals surface area (Å²) in [6, 6.07) is 8.39. The van der Waals surface area contributed by atoms with Crippen molar-refractivity contribution in [2.24, 2.45) is 0 Å². The van der Waals surface area contributed by atoms with E-state index in [9.17, 15) is 9.59 Å². The van der Waals surface area contributed by atoms with Crippen LogP contribution < -0.4 is 10.1 Å². The van der Waals surface area contributed by atoms with E-state index in [0.717, 1.165) is 19.4 Å². The van der Waals surface area contributed by atoms with Crippen LogP contribution in [-0.2, 0) is 4.79 Å². The Kier molecular flexibility index (Phi) is 9.15. The number of ether oxygens (including phenoxy) is 1. The Bertz CT molecular complexity index is 669. The molecule has 0 aliphatic carbocycles. The molecule has 6 nitrogen and oxygen atoms in total. The molecule has 0 bridgehead atoms. The highest BCUT2D eigenvalue weighted by Crippen LogP contribution is 2.23. The molecule has 0 saturated carbocycles. The van der Waals surface area contributed by atoms with Gasteiger partial charge in [-0.2, -0.15) is 0 Å². The molecule has 2 unspecified atom stereocenters. The van der Waals surface area contributed by atoms with Gasteiger partial charge < -0.3 is 15.0 Å². The molecule has 0 radical (unpaired) electrons. The second-order valence-corrected chi connectivity index (χ2v) is 8.92. The van der Waals surface area contributed by atoms with E-state index in [2.05, 4.69) is 51.8 Å². The Labute approximate surface area is 182 Å². The van der Waals surface area contributed by atoms with Gasteiger partial charge in [0.05, 0.1) is 0 Å². The van der Waals surface area contributed by atoms with Gasteiger partial charge in [-0.15, -0.1) is 0 Å². The van der Waals surface area contributed by atoms with Crippen molar-refractivity contribution in [3.8, 4) is 5.75 Å². The first-order valence-corrected chi connectivity index (χ1v) is 11.3. The molecule has 1 saturated heterocycles. The molecule has 2 atom stereocenters. The Morgan fingerprint density at radius 2 is 1.63 bits per heavy atom. The topological polar surface area (TPSA) is 61.9 Å². The zero-order valence-electron chi connectivity index (χ0n) is 19.5. The highest BCUT2D eigenvalue weighted by Gasteiger charge is 2.29. The van der Waals surface area contributed by atoms with Crippen molar-refractivity contribution >= 4 is 11.8 Å². The molecule has 0 aromatic heterocycles. The highest BCUT2D eigenvalue weighted by molar-refractivity contribution is 5.94. The minimum absolute atomic E-state index is 0.0244. The third-order valence-corrected chi connectivity index (χ3v) is 5.94. The lowest BCUT2D eigenvalue weighted by Gasteiger charge is -2.38. The third kappa shape index (κ3) is 6.73. The van der Waals surface area contributed by atoms with Crippen LogP contribution in [0.15, 0.2) is 24.3 Å². The number of hydrogen-bond donors (Lipinski definition) is 1. The molecule has 6 heteroatoms. The van der Waals surface area contributed by atoms with Gasteiger partial charge in [0.15, 0.2) is 6.61 Å². The van der Waals surface area contributed by atoms with E-state index in [1.54, 1.807) is 24.3 Å². The molecular formula is C24H39N3O3. The SMILES string of the molecule is CC(C)N(CCNC(=O)c1ccc(OCC(=O)N2C(C)CCCC2C)cc1)C(C)C. The molecule has 1 aliphatic heterocycles. The van der Waals surface area contributed by atoms with E-state index in [0.29, 0.717) is 29.9 Å². The monoisotopic (exact) mass is 417 g/mol. The van der Waals surface area contributed by atoms with Gasteiger partial charge in [0, 0.05) is 42.8 Å². The number of piperidine rings is 1. The first-order valence-electron chi connectivity index (χ1n) is 11.3. The van der Waals surface area contributed by atoms with E-state index >= 15 is 0 Å². The van der Waals surface area contributed by atoms with Crippen LogP contribution in [-0.4, -0.2) is 65.5 Å². The second-order valence-electron chi connectivity index (χ2n) is 8.92. The normalized spacial score (nSPS) is 19.4. The smallest absolute Gasteiger partial charge is 0.260 e. The maximum Gasteiger partial charge on any atom is 0.260 e. The van der Waals surface area contributed by atoms with Gasteiger partial charge in [-0.05, 0) is 85.1 Å². The summed E-state index contributed by atoms with van der Waals surface area (Å²) in [6.07, 6.45) is 3.27. The molecule has 2 rings (SSSR count). The van der Waals surface area contributed by atoms with Gasteiger partial charge in [-0.3, -0.25) is 14.5 Å². The molecule has 1 aromatic rings. The lowest BCUT2D eigenvalue weighted by molar-refractivity contribution is -0.139. The fourth-order valence-corrected chi connectivity index (χ4v) is 4.35. The number of nitrogens with one attached hydrogen (secondary N) is 1. The van der Waals surface area contributed by atoms with E-state index in [4.69, 9.17) is 4.74 Å². The fourth-order valence-electron chi connectivity index (χ4n) is 4.35. The van der Waals surface area contributed by atoms with Gasteiger partial charge in [-0.25, -0.2) is 0 Å². The molecular weight excluding hydrogens is 378 g/mol.